The number of methoxy groups -OCH3 is 1. The van der Waals surface area contributed by atoms with Gasteiger partial charge in [0, 0.05) is 12.5 Å². The van der Waals surface area contributed by atoms with Gasteiger partial charge in [-0.3, -0.25) is 4.79 Å². The quantitative estimate of drug-likeness (QED) is 0.794. The van der Waals surface area contributed by atoms with Crippen molar-refractivity contribution in [2.75, 3.05) is 12.4 Å². The summed E-state index contributed by atoms with van der Waals surface area (Å²) in [7, 11) is 1.55. The number of carbonyl (C=O) groups excluding carboxylic acids is 1. The van der Waals surface area contributed by atoms with E-state index in [1.54, 1.807) is 19.2 Å². The molecule has 2 saturated carbocycles. The lowest BCUT2D eigenvalue weighted by molar-refractivity contribution is -0.116. The van der Waals surface area contributed by atoms with E-state index in [1.807, 2.05) is 0 Å². The molecule has 0 saturated heterocycles. The van der Waals surface area contributed by atoms with E-state index in [2.05, 4.69) is 5.32 Å². The van der Waals surface area contributed by atoms with Crippen molar-refractivity contribution >= 4 is 11.6 Å². The fourth-order valence-electron chi connectivity index (χ4n) is 4.40. The highest BCUT2D eigenvalue weighted by Crippen LogP contribution is 2.43. The molecule has 4 nitrogen and oxygen atoms in total. The van der Waals surface area contributed by atoms with E-state index in [-0.39, 0.29) is 11.7 Å². The number of aromatic hydroxyl groups is 1. The number of fused-ring (bicyclic) bond motifs is 2. The average Bonchev–Trinajstić information content (AvgIpc) is 2.54. The molecule has 3 rings (SSSR count). The zero-order chi connectivity index (χ0) is 16.2. The van der Waals surface area contributed by atoms with E-state index in [0.717, 1.165) is 18.3 Å². The van der Waals surface area contributed by atoms with Crippen LogP contribution in [0.3, 0.4) is 0 Å². The summed E-state index contributed by atoms with van der Waals surface area (Å²) >= 11 is 0. The molecule has 126 valence electrons. The van der Waals surface area contributed by atoms with E-state index >= 15 is 0 Å². The van der Waals surface area contributed by atoms with Crippen LogP contribution < -0.4 is 10.1 Å². The maximum atomic E-state index is 12.2. The van der Waals surface area contributed by atoms with Crippen molar-refractivity contribution in [2.24, 2.45) is 17.8 Å². The second-order valence-corrected chi connectivity index (χ2v) is 7.21. The second-order valence-electron chi connectivity index (χ2n) is 7.21. The van der Waals surface area contributed by atoms with Gasteiger partial charge < -0.3 is 15.2 Å². The summed E-state index contributed by atoms with van der Waals surface area (Å²) in [6.07, 6.45) is 9.71. The first kappa shape index (κ1) is 16.2. The molecule has 0 aliphatic heterocycles. The Balaban J connectivity index is 1.48. The molecule has 0 spiro atoms. The van der Waals surface area contributed by atoms with Crippen molar-refractivity contribution in [1.29, 1.82) is 0 Å². The van der Waals surface area contributed by atoms with Crippen LogP contribution in [0.15, 0.2) is 18.2 Å². The molecule has 2 N–H and O–H groups in total. The van der Waals surface area contributed by atoms with Gasteiger partial charge in [0.05, 0.1) is 12.8 Å². The molecule has 0 radical (unpaired) electrons. The Morgan fingerprint density at radius 1 is 1.26 bits per heavy atom. The Morgan fingerprint density at radius 2 is 2.00 bits per heavy atom. The maximum absolute atomic E-state index is 12.2. The molecular weight excluding hydrogens is 290 g/mol. The van der Waals surface area contributed by atoms with Gasteiger partial charge >= 0.3 is 0 Å². The average molecular weight is 317 g/mol. The van der Waals surface area contributed by atoms with E-state index < -0.39 is 0 Å². The van der Waals surface area contributed by atoms with Crippen LogP contribution in [-0.2, 0) is 4.79 Å². The minimum absolute atomic E-state index is 0.0128. The Hall–Kier alpha value is -1.71. The van der Waals surface area contributed by atoms with Gasteiger partial charge in [0.1, 0.15) is 11.5 Å². The van der Waals surface area contributed by atoms with Crippen LogP contribution in [0.5, 0.6) is 11.5 Å². The largest absolute Gasteiger partial charge is 0.506 e. The van der Waals surface area contributed by atoms with Gasteiger partial charge in [0.15, 0.2) is 0 Å². The first-order valence-electron chi connectivity index (χ1n) is 8.81. The number of hydrogen-bond donors (Lipinski definition) is 2. The fraction of sp³-hybridized carbons (Fsp3) is 0.632. The zero-order valence-corrected chi connectivity index (χ0v) is 13.9. The lowest BCUT2D eigenvalue weighted by atomic mass is 9.67. The molecule has 0 heterocycles. The monoisotopic (exact) mass is 317 g/mol. The van der Waals surface area contributed by atoms with Gasteiger partial charge in [0.25, 0.3) is 0 Å². The third-order valence-corrected chi connectivity index (χ3v) is 5.48. The number of carbonyl (C=O) groups is 1. The van der Waals surface area contributed by atoms with Crippen molar-refractivity contribution in [3.8, 4) is 11.5 Å². The van der Waals surface area contributed by atoms with Crippen LogP contribution in [-0.4, -0.2) is 18.1 Å². The molecule has 1 aromatic rings. The zero-order valence-electron chi connectivity index (χ0n) is 13.9. The Kier molecular flexibility index (Phi) is 5.09. The van der Waals surface area contributed by atoms with Gasteiger partial charge in [-0.15, -0.1) is 0 Å². The summed E-state index contributed by atoms with van der Waals surface area (Å²) in [6.45, 7) is 0. The van der Waals surface area contributed by atoms with Crippen LogP contribution in [0.2, 0.25) is 0 Å². The summed E-state index contributed by atoms with van der Waals surface area (Å²) in [5.41, 5.74) is 0.455. The summed E-state index contributed by atoms with van der Waals surface area (Å²) in [5, 5.41) is 12.7. The molecule has 2 fully saturated rings. The summed E-state index contributed by atoms with van der Waals surface area (Å²) in [5.74, 6) is 3.12. The van der Waals surface area contributed by atoms with Gasteiger partial charge in [-0.05, 0) is 55.6 Å². The number of rotatable bonds is 5. The molecule has 2 unspecified atom stereocenters. The number of nitrogens with one attached hydrogen (secondary N) is 1. The lowest BCUT2D eigenvalue weighted by Gasteiger charge is -2.39. The highest BCUT2D eigenvalue weighted by molar-refractivity contribution is 5.92. The highest BCUT2D eigenvalue weighted by atomic mass is 16.5. The number of ether oxygens (including phenoxy) is 1. The van der Waals surface area contributed by atoms with Crippen LogP contribution in [0, 0.1) is 17.8 Å². The molecule has 2 bridgehead atoms. The lowest BCUT2D eigenvalue weighted by Crippen LogP contribution is -2.27. The van der Waals surface area contributed by atoms with Crippen LogP contribution in [0.25, 0.3) is 0 Å². The van der Waals surface area contributed by atoms with Gasteiger partial charge in [0.2, 0.25) is 5.91 Å². The molecule has 2 atom stereocenters. The Bertz CT molecular complexity index is 546. The van der Waals surface area contributed by atoms with Crippen LogP contribution in [0.1, 0.15) is 51.4 Å². The minimum Gasteiger partial charge on any atom is -0.506 e. The maximum Gasteiger partial charge on any atom is 0.224 e. The number of phenolic OH excluding ortho intramolecular Hbond substituents is 1. The molecule has 1 aromatic carbocycles. The third-order valence-electron chi connectivity index (χ3n) is 5.48. The number of anilines is 1. The fourth-order valence-corrected chi connectivity index (χ4v) is 4.40. The van der Waals surface area contributed by atoms with E-state index in [4.69, 9.17) is 4.74 Å². The van der Waals surface area contributed by atoms with E-state index in [1.165, 1.54) is 44.6 Å². The predicted molar refractivity (Wildman–Crippen MR) is 90.7 cm³/mol. The van der Waals surface area contributed by atoms with Crippen molar-refractivity contribution in [2.45, 2.75) is 51.4 Å². The van der Waals surface area contributed by atoms with Crippen molar-refractivity contribution < 1.29 is 14.6 Å². The standard InChI is InChI=1S/C19H27NO3/c1-23-16-6-7-17(18(21)12-16)20-19(22)8-5-15-10-13-3-2-4-14(9-13)11-15/h6-7,12-15,21H,2-5,8-11H2,1H3,(H,20,22). The van der Waals surface area contributed by atoms with E-state index in [0.29, 0.717) is 23.8 Å². The Labute approximate surface area is 138 Å². The van der Waals surface area contributed by atoms with Crippen LogP contribution >= 0.6 is 0 Å². The summed E-state index contributed by atoms with van der Waals surface area (Å²) in [4.78, 5) is 12.2. The van der Waals surface area contributed by atoms with Crippen LogP contribution in [0.4, 0.5) is 5.69 Å². The van der Waals surface area contributed by atoms with Crippen molar-refractivity contribution in [3.05, 3.63) is 18.2 Å². The molecule has 2 aliphatic rings. The summed E-state index contributed by atoms with van der Waals surface area (Å²) in [6, 6.07) is 4.92. The smallest absolute Gasteiger partial charge is 0.224 e. The normalized spacial score (nSPS) is 26.6. The molecule has 4 heteroatoms. The minimum atomic E-state index is -0.0128. The second kappa shape index (κ2) is 7.24. The third kappa shape index (κ3) is 4.18. The Morgan fingerprint density at radius 3 is 2.65 bits per heavy atom. The molecular formula is C19H27NO3. The van der Waals surface area contributed by atoms with Crippen molar-refractivity contribution in [1.82, 2.24) is 0 Å². The SMILES string of the molecule is COc1ccc(NC(=O)CCC2CC3CCCC(C3)C2)c(O)c1. The topological polar surface area (TPSA) is 58.6 Å². The molecule has 2 aliphatic carbocycles. The van der Waals surface area contributed by atoms with E-state index in [9.17, 15) is 9.90 Å². The number of benzene rings is 1. The van der Waals surface area contributed by atoms with Gasteiger partial charge in [-0.25, -0.2) is 0 Å². The van der Waals surface area contributed by atoms with Gasteiger partial charge in [-0.1, -0.05) is 19.3 Å². The number of phenols is 1. The first-order valence-corrected chi connectivity index (χ1v) is 8.81. The van der Waals surface area contributed by atoms with Crippen molar-refractivity contribution in [3.63, 3.8) is 0 Å². The molecule has 0 aromatic heterocycles. The van der Waals surface area contributed by atoms with Gasteiger partial charge in [-0.2, -0.15) is 0 Å². The highest BCUT2D eigenvalue weighted by Gasteiger charge is 2.31. The number of amides is 1. The number of hydrogen-bond acceptors (Lipinski definition) is 3. The molecule has 23 heavy (non-hydrogen) atoms. The first-order chi connectivity index (χ1) is 11.1. The summed E-state index contributed by atoms with van der Waals surface area (Å²) < 4.78 is 5.05. The molecule has 1 amide bonds. The predicted octanol–water partition coefficient (Wildman–Crippen LogP) is 4.34.